The summed E-state index contributed by atoms with van der Waals surface area (Å²) in [6.45, 7) is 0.0504. The molecule has 0 unspecified atom stereocenters. The third-order valence-corrected chi connectivity index (χ3v) is 2.26. The molecule has 16 heavy (non-hydrogen) atoms. The van der Waals surface area contributed by atoms with Crippen molar-refractivity contribution in [3.8, 4) is 0 Å². The Kier molecular flexibility index (Phi) is 4.12. The smallest absolute Gasteiger partial charge is 0.288 e. The molecule has 0 fully saturated rings. The molecule has 0 heterocycles. The average molecular weight is 247 g/mol. The van der Waals surface area contributed by atoms with Crippen LogP contribution in [0, 0.1) is 0 Å². The van der Waals surface area contributed by atoms with E-state index in [9.17, 15) is 0 Å². The summed E-state index contributed by atoms with van der Waals surface area (Å²) >= 11 is 5.81. The van der Waals surface area contributed by atoms with E-state index in [1.807, 2.05) is 0 Å². The summed E-state index contributed by atoms with van der Waals surface area (Å²) in [5.74, 6) is -2.71. The SMILES string of the molecule is CN(Cc1cc(Cl)ccc1N)CC(O)(O)O. The first-order chi connectivity index (χ1) is 7.28. The number of rotatable bonds is 4. The maximum atomic E-state index is 8.80. The summed E-state index contributed by atoms with van der Waals surface area (Å²) in [7, 11) is 1.62. The molecular formula is C10H15ClN2O3. The van der Waals surface area contributed by atoms with Crippen LogP contribution in [0.5, 0.6) is 0 Å². The molecule has 1 rings (SSSR count). The van der Waals surface area contributed by atoms with Gasteiger partial charge < -0.3 is 21.1 Å². The number of halogens is 1. The van der Waals surface area contributed by atoms with Crippen LogP contribution in [0.3, 0.4) is 0 Å². The molecule has 0 spiro atoms. The predicted octanol–water partition coefficient (Wildman–Crippen LogP) is -0.0153. The number of nitrogens with two attached hydrogens (primary N) is 1. The van der Waals surface area contributed by atoms with Gasteiger partial charge in [-0.25, -0.2) is 0 Å². The molecule has 90 valence electrons. The number of anilines is 1. The second-order valence-corrected chi connectivity index (χ2v) is 4.23. The molecule has 0 aromatic heterocycles. The maximum absolute atomic E-state index is 8.80. The van der Waals surface area contributed by atoms with E-state index in [-0.39, 0.29) is 6.54 Å². The molecule has 5 N–H and O–H groups in total. The van der Waals surface area contributed by atoms with Crippen molar-refractivity contribution in [2.45, 2.75) is 12.5 Å². The lowest BCUT2D eigenvalue weighted by atomic mass is 10.1. The van der Waals surface area contributed by atoms with Crippen LogP contribution in [0.1, 0.15) is 5.56 Å². The van der Waals surface area contributed by atoms with Gasteiger partial charge in [0.15, 0.2) is 0 Å². The molecule has 6 heteroatoms. The number of likely N-dealkylation sites (N-methyl/N-ethyl adjacent to an activating group) is 1. The van der Waals surface area contributed by atoms with Crippen molar-refractivity contribution < 1.29 is 15.3 Å². The second-order valence-electron chi connectivity index (χ2n) is 3.79. The van der Waals surface area contributed by atoms with Gasteiger partial charge in [-0.2, -0.15) is 0 Å². The van der Waals surface area contributed by atoms with Gasteiger partial charge in [0.05, 0.1) is 6.54 Å². The minimum absolute atomic E-state index is 0.307. The van der Waals surface area contributed by atoms with E-state index in [1.54, 1.807) is 25.2 Å². The normalized spacial score (nSPS) is 12.1. The first-order valence-corrected chi connectivity index (χ1v) is 5.05. The lowest BCUT2D eigenvalue weighted by Crippen LogP contribution is -2.40. The van der Waals surface area contributed by atoms with Gasteiger partial charge in [0.25, 0.3) is 5.97 Å². The first kappa shape index (κ1) is 13.2. The second kappa shape index (κ2) is 4.99. The van der Waals surface area contributed by atoms with Crippen molar-refractivity contribution in [2.24, 2.45) is 0 Å². The quantitative estimate of drug-likeness (QED) is 0.443. The summed E-state index contributed by atoms with van der Waals surface area (Å²) < 4.78 is 0. The zero-order valence-corrected chi connectivity index (χ0v) is 9.65. The number of nitrogen functional groups attached to an aromatic ring is 1. The number of hydrogen-bond acceptors (Lipinski definition) is 5. The van der Waals surface area contributed by atoms with Crippen LogP contribution in [0.15, 0.2) is 18.2 Å². The Morgan fingerprint density at radius 3 is 2.56 bits per heavy atom. The minimum atomic E-state index is -2.71. The third kappa shape index (κ3) is 4.34. The van der Waals surface area contributed by atoms with E-state index in [2.05, 4.69) is 0 Å². The standard InChI is InChI=1S/C10H15ClN2O3/c1-13(6-10(14,15)16)5-7-4-8(11)2-3-9(7)12/h2-4,14-16H,5-6,12H2,1H3. The fraction of sp³-hybridized carbons (Fsp3) is 0.400. The zero-order chi connectivity index (χ0) is 12.3. The molecule has 0 radical (unpaired) electrons. The molecule has 5 nitrogen and oxygen atoms in total. The van der Waals surface area contributed by atoms with Gasteiger partial charge in [-0.15, -0.1) is 0 Å². The number of benzene rings is 1. The third-order valence-electron chi connectivity index (χ3n) is 2.03. The van der Waals surface area contributed by atoms with Crippen molar-refractivity contribution in [1.29, 1.82) is 0 Å². The van der Waals surface area contributed by atoms with Crippen LogP contribution in [0.4, 0.5) is 5.69 Å². The summed E-state index contributed by atoms with van der Waals surface area (Å²) in [6, 6.07) is 5.05. The van der Waals surface area contributed by atoms with Crippen molar-refractivity contribution >= 4 is 17.3 Å². The Morgan fingerprint density at radius 2 is 2.00 bits per heavy atom. The zero-order valence-electron chi connectivity index (χ0n) is 8.89. The fourth-order valence-electron chi connectivity index (χ4n) is 1.42. The minimum Gasteiger partial charge on any atom is -0.398 e. The van der Waals surface area contributed by atoms with Gasteiger partial charge in [-0.1, -0.05) is 11.6 Å². The molecule has 0 bridgehead atoms. The molecule has 0 atom stereocenters. The number of nitrogens with zero attached hydrogens (tertiary/aromatic N) is 1. The molecule has 0 amide bonds. The van der Waals surface area contributed by atoms with Crippen LogP contribution in [-0.4, -0.2) is 39.8 Å². The van der Waals surface area contributed by atoms with Gasteiger partial charge in [-0.3, -0.25) is 4.90 Å². The van der Waals surface area contributed by atoms with E-state index >= 15 is 0 Å². The monoisotopic (exact) mass is 246 g/mol. The summed E-state index contributed by atoms with van der Waals surface area (Å²) in [6.07, 6.45) is 0. The lowest BCUT2D eigenvalue weighted by molar-refractivity contribution is -0.316. The molecule has 0 aliphatic rings. The van der Waals surface area contributed by atoms with Crippen molar-refractivity contribution in [2.75, 3.05) is 19.3 Å². The van der Waals surface area contributed by atoms with Crippen LogP contribution < -0.4 is 5.73 Å². The molecular weight excluding hydrogens is 232 g/mol. The molecule has 0 saturated heterocycles. The van der Waals surface area contributed by atoms with Crippen LogP contribution in [0.2, 0.25) is 5.02 Å². The molecule has 1 aromatic carbocycles. The van der Waals surface area contributed by atoms with Gasteiger partial charge in [-0.05, 0) is 30.8 Å². The van der Waals surface area contributed by atoms with Gasteiger partial charge in [0.2, 0.25) is 0 Å². The Bertz CT molecular complexity index is 366. The Balaban J connectivity index is 2.69. The Morgan fingerprint density at radius 1 is 1.38 bits per heavy atom. The molecule has 0 saturated carbocycles. The number of hydrogen-bond donors (Lipinski definition) is 4. The highest BCUT2D eigenvalue weighted by Crippen LogP contribution is 2.19. The fourth-order valence-corrected chi connectivity index (χ4v) is 1.61. The average Bonchev–Trinajstić information content (AvgIpc) is 2.08. The molecule has 0 aliphatic heterocycles. The van der Waals surface area contributed by atoms with Gasteiger partial charge in [0, 0.05) is 17.3 Å². The van der Waals surface area contributed by atoms with Crippen molar-refractivity contribution in [1.82, 2.24) is 4.90 Å². The van der Waals surface area contributed by atoms with E-state index in [0.717, 1.165) is 5.56 Å². The lowest BCUT2D eigenvalue weighted by Gasteiger charge is -2.23. The van der Waals surface area contributed by atoms with Crippen molar-refractivity contribution in [3.05, 3.63) is 28.8 Å². The summed E-state index contributed by atoms with van der Waals surface area (Å²) in [5.41, 5.74) is 7.06. The Labute approximate surface area is 98.7 Å². The van der Waals surface area contributed by atoms with Crippen LogP contribution in [0.25, 0.3) is 0 Å². The molecule has 1 aromatic rings. The molecule has 0 aliphatic carbocycles. The predicted molar refractivity (Wildman–Crippen MR) is 61.6 cm³/mol. The highest BCUT2D eigenvalue weighted by atomic mass is 35.5. The van der Waals surface area contributed by atoms with E-state index in [4.69, 9.17) is 32.7 Å². The van der Waals surface area contributed by atoms with Gasteiger partial charge in [0.1, 0.15) is 0 Å². The number of aliphatic hydroxyl groups is 3. The highest BCUT2D eigenvalue weighted by Gasteiger charge is 2.21. The summed E-state index contributed by atoms with van der Waals surface area (Å²) in [5, 5.41) is 27.0. The largest absolute Gasteiger partial charge is 0.398 e. The van der Waals surface area contributed by atoms with Crippen LogP contribution >= 0.6 is 11.6 Å². The first-order valence-electron chi connectivity index (χ1n) is 4.67. The van der Waals surface area contributed by atoms with Crippen molar-refractivity contribution in [3.63, 3.8) is 0 Å². The topological polar surface area (TPSA) is 90.0 Å². The Hall–Kier alpha value is -0.850. The van der Waals surface area contributed by atoms with E-state index in [0.29, 0.717) is 17.3 Å². The van der Waals surface area contributed by atoms with E-state index < -0.39 is 5.97 Å². The van der Waals surface area contributed by atoms with E-state index in [1.165, 1.54) is 4.90 Å². The maximum Gasteiger partial charge on any atom is 0.288 e. The van der Waals surface area contributed by atoms with Crippen LogP contribution in [-0.2, 0) is 6.54 Å². The highest BCUT2D eigenvalue weighted by molar-refractivity contribution is 6.30. The summed E-state index contributed by atoms with van der Waals surface area (Å²) in [4.78, 5) is 1.52. The van der Waals surface area contributed by atoms with Gasteiger partial charge >= 0.3 is 0 Å².